The highest BCUT2D eigenvalue weighted by molar-refractivity contribution is 7.80. The van der Waals surface area contributed by atoms with Crippen molar-refractivity contribution in [3.8, 4) is 5.75 Å². The molecule has 1 aromatic heterocycles. The lowest BCUT2D eigenvalue weighted by Crippen LogP contribution is -2.06. The van der Waals surface area contributed by atoms with E-state index in [9.17, 15) is 0 Å². The summed E-state index contributed by atoms with van der Waals surface area (Å²) < 4.78 is 7.80. The van der Waals surface area contributed by atoms with E-state index < -0.39 is 0 Å². The number of hydrogen-bond acceptors (Lipinski definition) is 3. The van der Waals surface area contributed by atoms with Crippen LogP contribution < -0.4 is 4.74 Å². The van der Waals surface area contributed by atoms with Crippen LogP contribution in [0.25, 0.3) is 11.0 Å². The van der Waals surface area contributed by atoms with Crippen molar-refractivity contribution >= 4 is 23.7 Å². The first-order chi connectivity index (χ1) is 8.67. The minimum atomic E-state index is 0.405. The Balaban J connectivity index is 2.53. The van der Waals surface area contributed by atoms with Crippen molar-refractivity contribution < 1.29 is 4.74 Å². The van der Waals surface area contributed by atoms with Gasteiger partial charge in [0.25, 0.3) is 0 Å². The van der Waals surface area contributed by atoms with Crippen LogP contribution in [0.1, 0.15) is 32.6 Å². The molecule has 18 heavy (non-hydrogen) atoms. The van der Waals surface area contributed by atoms with E-state index in [1.807, 2.05) is 19.1 Å². The molecule has 0 unspecified atom stereocenters. The number of hydrogen-bond donors (Lipinski definition) is 1. The highest BCUT2D eigenvalue weighted by Gasteiger charge is 2.13. The maximum atomic E-state index is 5.52. The molecular weight excluding hydrogens is 244 g/mol. The molecule has 3 nitrogen and oxygen atoms in total. The SMILES string of the molecule is CCOc1ccc2c(c1)nc(CCS)n2C(C)C. The second kappa shape index (κ2) is 5.65. The number of benzene rings is 1. The summed E-state index contributed by atoms with van der Waals surface area (Å²) in [6, 6.07) is 6.52. The van der Waals surface area contributed by atoms with Crippen LogP contribution in [0.5, 0.6) is 5.75 Å². The largest absolute Gasteiger partial charge is 0.494 e. The zero-order valence-corrected chi connectivity index (χ0v) is 12.1. The molecular formula is C14H20N2OS. The number of imidazole rings is 1. The van der Waals surface area contributed by atoms with Gasteiger partial charge in [-0.3, -0.25) is 0 Å². The average Bonchev–Trinajstić information content (AvgIpc) is 2.67. The summed E-state index contributed by atoms with van der Waals surface area (Å²) in [4.78, 5) is 4.70. The van der Waals surface area contributed by atoms with Crippen molar-refractivity contribution in [2.75, 3.05) is 12.4 Å². The average molecular weight is 264 g/mol. The molecule has 4 heteroatoms. The smallest absolute Gasteiger partial charge is 0.121 e. The van der Waals surface area contributed by atoms with Crippen LogP contribution in [0.3, 0.4) is 0 Å². The van der Waals surface area contributed by atoms with E-state index in [-0.39, 0.29) is 0 Å². The number of fused-ring (bicyclic) bond motifs is 1. The van der Waals surface area contributed by atoms with E-state index in [0.717, 1.165) is 29.3 Å². The lowest BCUT2D eigenvalue weighted by Gasteiger charge is -2.12. The van der Waals surface area contributed by atoms with Crippen LogP contribution >= 0.6 is 12.6 Å². The summed E-state index contributed by atoms with van der Waals surface area (Å²) in [5, 5.41) is 0. The first-order valence-electron chi connectivity index (χ1n) is 6.42. The van der Waals surface area contributed by atoms with Gasteiger partial charge in [-0.2, -0.15) is 12.6 Å². The monoisotopic (exact) mass is 264 g/mol. The lowest BCUT2D eigenvalue weighted by atomic mass is 10.2. The van der Waals surface area contributed by atoms with Gasteiger partial charge in [0.1, 0.15) is 11.6 Å². The molecule has 0 saturated heterocycles. The Kier molecular flexibility index (Phi) is 4.17. The van der Waals surface area contributed by atoms with Gasteiger partial charge in [-0.25, -0.2) is 4.98 Å². The van der Waals surface area contributed by atoms with E-state index in [4.69, 9.17) is 9.72 Å². The molecule has 2 rings (SSSR count). The third-order valence-electron chi connectivity index (χ3n) is 2.90. The van der Waals surface area contributed by atoms with Crippen molar-refractivity contribution in [2.24, 2.45) is 0 Å². The van der Waals surface area contributed by atoms with Gasteiger partial charge in [-0.15, -0.1) is 0 Å². The zero-order valence-electron chi connectivity index (χ0n) is 11.2. The molecule has 0 bridgehead atoms. The quantitative estimate of drug-likeness (QED) is 0.837. The molecule has 0 atom stereocenters. The Labute approximate surface area is 114 Å². The number of nitrogens with zero attached hydrogens (tertiary/aromatic N) is 2. The molecule has 2 aromatic rings. The number of aryl methyl sites for hydroxylation is 1. The van der Waals surface area contributed by atoms with Crippen LogP contribution in [-0.4, -0.2) is 21.9 Å². The van der Waals surface area contributed by atoms with Crippen LogP contribution in [0.2, 0.25) is 0 Å². The van der Waals surface area contributed by atoms with Gasteiger partial charge in [0.2, 0.25) is 0 Å². The molecule has 1 heterocycles. The van der Waals surface area contributed by atoms with Crippen LogP contribution in [0.15, 0.2) is 18.2 Å². The highest BCUT2D eigenvalue weighted by atomic mass is 32.1. The molecule has 1 aromatic carbocycles. The molecule has 0 saturated carbocycles. The fourth-order valence-electron chi connectivity index (χ4n) is 2.24. The van der Waals surface area contributed by atoms with Crippen molar-refractivity contribution in [2.45, 2.75) is 33.2 Å². The zero-order chi connectivity index (χ0) is 13.1. The van der Waals surface area contributed by atoms with Gasteiger partial charge in [0, 0.05) is 18.5 Å². The molecule has 0 amide bonds. The van der Waals surface area contributed by atoms with Gasteiger partial charge in [0.05, 0.1) is 17.6 Å². The Hall–Kier alpha value is -1.16. The Bertz CT molecular complexity index is 534. The first-order valence-corrected chi connectivity index (χ1v) is 7.05. The predicted molar refractivity (Wildman–Crippen MR) is 78.8 cm³/mol. The van der Waals surface area contributed by atoms with Crippen molar-refractivity contribution in [3.63, 3.8) is 0 Å². The van der Waals surface area contributed by atoms with Crippen LogP contribution in [0.4, 0.5) is 0 Å². The summed E-state index contributed by atoms with van der Waals surface area (Å²) in [7, 11) is 0. The second-order valence-electron chi connectivity index (χ2n) is 4.55. The fraction of sp³-hybridized carbons (Fsp3) is 0.500. The Morgan fingerprint density at radius 3 is 2.78 bits per heavy atom. The molecule has 0 aliphatic heterocycles. The third-order valence-corrected chi connectivity index (χ3v) is 3.12. The number of ether oxygens (including phenoxy) is 1. The summed E-state index contributed by atoms with van der Waals surface area (Å²) in [6.07, 6.45) is 0.889. The third kappa shape index (κ3) is 2.48. The van der Waals surface area contributed by atoms with Crippen molar-refractivity contribution in [1.29, 1.82) is 0 Å². The molecule has 0 aliphatic rings. The standard InChI is InChI=1S/C14H20N2OS/c1-4-17-11-5-6-13-12(9-11)15-14(7-8-18)16(13)10(2)3/h5-6,9-10,18H,4,7-8H2,1-3H3. The molecule has 0 spiro atoms. The molecule has 0 aliphatic carbocycles. The van der Waals surface area contributed by atoms with Crippen molar-refractivity contribution in [3.05, 3.63) is 24.0 Å². The maximum Gasteiger partial charge on any atom is 0.121 e. The van der Waals surface area contributed by atoms with Gasteiger partial charge >= 0.3 is 0 Å². The normalized spacial score (nSPS) is 11.4. The molecule has 0 fully saturated rings. The van der Waals surface area contributed by atoms with E-state index in [1.54, 1.807) is 0 Å². The number of thiol groups is 1. The number of rotatable bonds is 5. The summed E-state index contributed by atoms with van der Waals surface area (Å²) >= 11 is 4.31. The van der Waals surface area contributed by atoms with E-state index in [2.05, 4.69) is 37.1 Å². The lowest BCUT2D eigenvalue weighted by molar-refractivity contribution is 0.340. The molecule has 0 N–H and O–H groups in total. The van der Waals surface area contributed by atoms with Crippen LogP contribution in [0, 0.1) is 0 Å². The fourth-order valence-corrected chi connectivity index (χ4v) is 2.44. The first kappa shape index (κ1) is 13.3. The van der Waals surface area contributed by atoms with E-state index >= 15 is 0 Å². The summed E-state index contributed by atoms with van der Waals surface area (Å²) in [5.41, 5.74) is 2.18. The van der Waals surface area contributed by atoms with Gasteiger partial charge in [-0.1, -0.05) is 0 Å². The van der Waals surface area contributed by atoms with E-state index in [1.165, 1.54) is 5.52 Å². The predicted octanol–water partition coefficient (Wildman–Crippen LogP) is 3.49. The van der Waals surface area contributed by atoms with Gasteiger partial charge in [-0.05, 0) is 38.7 Å². The highest BCUT2D eigenvalue weighted by Crippen LogP contribution is 2.25. The summed E-state index contributed by atoms with van der Waals surface area (Å²) in [5.74, 6) is 2.80. The topological polar surface area (TPSA) is 27.1 Å². The van der Waals surface area contributed by atoms with Gasteiger partial charge in [0.15, 0.2) is 0 Å². The van der Waals surface area contributed by atoms with Gasteiger partial charge < -0.3 is 9.30 Å². The minimum absolute atomic E-state index is 0.405. The van der Waals surface area contributed by atoms with E-state index in [0.29, 0.717) is 12.6 Å². The minimum Gasteiger partial charge on any atom is -0.494 e. The number of aromatic nitrogens is 2. The second-order valence-corrected chi connectivity index (χ2v) is 5.00. The van der Waals surface area contributed by atoms with Crippen LogP contribution in [-0.2, 0) is 6.42 Å². The molecule has 0 radical (unpaired) electrons. The Morgan fingerprint density at radius 2 is 2.17 bits per heavy atom. The summed E-state index contributed by atoms with van der Waals surface area (Å²) in [6.45, 7) is 7.03. The van der Waals surface area contributed by atoms with Crippen molar-refractivity contribution in [1.82, 2.24) is 9.55 Å². The maximum absolute atomic E-state index is 5.52. The Morgan fingerprint density at radius 1 is 1.39 bits per heavy atom. The molecule has 98 valence electrons.